The van der Waals surface area contributed by atoms with E-state index in [2.05, 4.69) is 26.6 Å². The molecule has 0 radical (unpaired) electrons. The van der Waals surface area contributed by atoms with Gasteiger partial charge in [0.15, 0.2) is 0 Å². The van der Waals surface area contributed by atoms with Gasteiger partial charge in [0.2, 0.25) is 11.8 Å². The Labute approximate surface area is 144 Å². The SMILES string of the molecule is O=C(CCc1ccccc1Br)NCC(=O)NCc1ccccc1. The highest BCUT2D eigenvalue weighted by Crippen LogP contribution is 2.17. The van der Waals surface area contributed by atoms with E-state index < -0.39 is 0 Å². The summed E-state index contributed by atoms with van der Waals surface area (Å²) in [6.07, 6.45) is 0.994. The lowest BCUT2D eigenvalue weighted by atomic mass is 10.1. The van der Waals surface area contributed by atoms with E-state index in [-0.39, 0.29) is 18.4 Å². The molecular weight excluding hydrogens is 356 g/mol. The second-order valence-corrected chi connectivity index (χ2v) is 5.98. The zero-order valence-electron chi connectivity index (χ0n) is 12.7. The molecule has 0 atom stereocenters. The number of benzene rings is 2. The van der Waals surface area contributed by atoms with Gasteiger partial charge in [-0.3, -0.25) is 9.59 Å². The van der Waals surface area contributed by atoms with Crippen molar-refractivity contribution in [1.29, 1.82) is 0 Å². The molecule has 0 saturated heterocycles. The first-order chi connectivity index (χ1) is 11.1. The van der Waals surface area contributed by atoms with Crippen molar-refractivity contribution in [3.63, 3.8) is 0 Å². The Kier molecular flexibility index (Phi) is 6.81. The van der Waals surface area contributed by atoms with E-state index in [9.17, 15) is 9.59 Å². The van der Waals surface area contributed by atoms with Gasteiger partial charge in [-0.1, -0.05) is 64.5 Å². The highest BCUT2D eigenvalue weighted by Gasteiger charge is 2.07. The highest BCUT2D eigenvalue weighted by atomic mass is 79.9. The molecule has 2 rings (SSSR count). The van der Waals surface area contributed by atoms with Gasteiger partial charge in [0.05, 0.1) is 6.54 Å². The quantitative estimate of drug-likeness (QED) is 0.782. The van der Waals surface area contributed by atoms with Crippen molar-refractivity contribution in [2.24, 2.45) is 0 Å². The van der Waals surface area contributed by atoms with Crippen LogP contribution < -0.4 is 10.6 Å². The Morgan fingerprint density at radius 3 is 2.30 bits per heavy atom. The summed E-state index contributed by atoms with van der Waals surface area (Å²) in [6.45, 7) is 0.466. The van der Waals surface area contributed by atoms with Gasteiger partial charge in [0.25, 0.3) is 0 Å². The van der Waals surface area contributed by atoms with E-state index >= 15 is 0 Å². The van der Waals surface area contributed by atoms with Crippen LogP contribution in [-0.2, 0) is 22.6 Å². The molecule has 0 unspecified atom stereocenters. The van der Waals surface area contributed by atoms with Crippen molar-refractivity contribution in [2.75, 3.05) is 6.54 Å². The van der Waals surface area contributed by atoms with Gasteiger partial charge in [-0.15, -0.1) is 0 Å². The largest absolute Gasteiger partial charge is 0.350 e. The van der Waals surface area contributed by atoms with Crippen molar-refractivity contribution in [3.05, 3.63) is 70.2 Å². The molecule has 0 fully saturated rings. The number of amides is 2. The molecule has 0 heterocycles. The van der Waals surface area contributed by atoms with Gasteiger partial charge in [-0.05, 0) is 23.6 Å². The van der Waals surface area contributed by atoms with Crippen molar-refractivity contribution in [1.82, 2.24) is 10.6 Å². The lowest BCUT2D eigenvalue weighted by Gasteiger charge is -2.08. The maximum absolute atomic E-state index is 11.8. The van der Waals surface area contributed by atoms with Crippen LogP contribution >= 0.6 is 15.9 Å². The zero-order valence-corrected chi connectivity index (χ0v) is 14.3. The second kappa shape index (κ2) is 9.10. The lowest BCUT2D eigenvalue weighted by Crippen LogP contribution is -2.36. The molecule has 0 spiro atoms. The monoisotopic (exact) mass is 374 g/mol. The average Bonchev–Trinajstić information content (AvgIpc) is 2.58. The van der Waals surface area contributed by atoms with Gasteiger partial charge in [0, 0.05) is 17.4 Å². The first kappa shape index (κ1) is 17.2. The van der Waals surface area contributed by atoms with Crippen LogP contribution in [0.2, 0.25) is 0 Å². The summed E-state index contributed by atoms with van der Waals surface area (Å²) >= 11 is 3.46. The molecule has 0 saturated carbocycles. The number of halogens is 1. The molecule has 0 bridgehead atoms. The summed E-state index contributed by atoms with van der Waals surface area (Å²) in [7, 11) is 0. The summed E-state index contributed by atoms with van der Waals surface area (Å²) in [4.78, 5) is 23.5. The van der Waals surface area contributed by atoms with Crippen LogP contribution in [0.5, 0.6) is 0 Å². The number of carbonyl (C=O) groups excluding carboxylic acids is 2. The van der Waals surface area contributed by atoms with Gasteiger partial charge in [-0.2, -0.15) is 0 Å². The van der Waals surface area contributed by atoms with Crippen LogP contribution in [0, 0.1) is 0 Å². The van der Waals surface area contributed by atoms with Crippen LogP contribution in [-0.4, -0.2) is 18.4 Å². The zero-order chi connectivity index (χ0) is 16.5. The molecule has 23 heavy (non-hydrogen) atoms. The van der Waals surface area contributed by atoms with E-state index in [1.165, 1.54) is 0 Å². The summed E-state index contributed by atoms with van der Waals surface area (Å²) in [6, 6.07) is 17.5. The molecule has 0 aromatic heterocycles. The Morgan fingerprint density at radius 2 is 1.57 bits per heavy atom. The van der Waals surface area contributed by atoms with Crippen LogP contribution in [0.1, 0.15) is 17.5 Å². The average molecular weight is 375 g/mol. The highest BCUT2D eigenvalue weighted by molar-refractivity contribution is 9.10. The Balaban J connectivity index is 1.66. The van der Waals surface area contributed by atoms with E-state index in [1.807, 2.05) is 54.6 Å². The maximum atomic E-state index is 11.8. The summed E-state index contributed by atoms with van der Waals surface area (Å²) in [5, 5.41) is 5.42. The minimum Gasteiger partial charge on any atom is -0.350 e. The smallest absolute Gasteiger partial charge is 0.239 e. The summed E-state index contributed by atoms with van der Waals surface area (Å²) in [5.74, 6) is -0.321. The molecule has 5 heteroatoms. The van der Waals surface area contributed by atoms with Crippen molar-refractivity contribution < 1.29 is 9.59 Å². The predicted octanol–water partition coefficient (Wildman–Crippen LogP) is 2.81. The topological polar surface area (TPSA) is 58.2 Å². The fourth-order valence-corrected chi connectivity index (χ4v) is 2.56. The molecular formula is C18H19BrN2O2. The Morgan fingerprint density at radius 1 is 0.870 bits per heavy atom. The molecule has 0 aliphatic carbocycles. The molecule has 120 valence electrons. The number of carbonyl (C=O) groups is 2. The van der Waals surface area contributed by atoms with Crippen LogP contribution in [0.3, 0.4) is 0 Å². The maximum Gasteiger partial charge on any atom is 0.239 e. The molecule has 2 aromatic carbocycles. The first-order valence-corrected chi connectivity index (χ1v) is 8.25. The third-order valence-corrected chi connectivity index (χ3v) is 4.13. The minimum absolute atomic E-state index is 0.00161. The lowest BCUT2D eigenvalue weighted by molar-refractivity contribution is -0.126. The second-order valence-electron chi connectivity index (χ2n) is 5.13. The van der Waals surface area contributed by atoms with E-state index in [0.29, 0.717) is 19.4 Å². The number of hydrogen-bond acceptors (Lipinski definition) is 2. The summed E-state index contributed by atoms with van der Waals surface area (Å²) < 4.78 is 0.994. The predicted molar refractivity (Wildman–Crippen MR) is 93.8 cm³/mol. The van der Waals surface area contributed by atoms with Crippen molar-refractivity contribution >= 4 is 27.7 Å². The normalized spacial score (nSPS) is 10.1. The number of aryl methyl sites for hydroxylation is 1. The van der Waals surface area contributed by atoms with E-state index in [0.717, 1.165) is 15.6 Å². The Bertz CT molecular complexity index is 659. The Hall–Kier alpha value is -2.14. The fourth-order valence-electron chi connectivity index (χ4n) is 2.08. The van der Waals surface area contributed by atoms with Crippen molar-refractivity contribution in [3.8, 4) is 0 Å². The number of rotatable bonds is 7. The van der Waals surface area contributed by atoms with Crippen LogP contribution in [0.4, 0.5) is 0 Å². The molecule has 0 aliphatic heterocycles. The first-order valence-electron chi connectivity index (χ1n) is 7.46. The van der Waals surface area contributed by atoms with Gasteiger partial charge >= 0.3 is 0 Å². The number of hydrogen-bond donors (Lipinski definition) is 2. The number of nitrogens with one attached hydrogen (secondary N) is 2. The van der Waals surface area contributed by atoms with Crippen LogP contribution in [0.15, 0.2) is 59.1 Å². The van der Waals surface area contributed by atoms with Crippen LogP contribution in [0.25, 0.3) is 0 Å². The molecule has 4 nitrogen and oxygen atoms in total. The van der Waals surface area contributed by atoms with Gasteiger partial charge in [0.1, 0.15) is 0 Å². The van der Waals surface area contributed by atoms with E-state index in [1.54, 1.807) is 0 Å². The molecule has 0 aliphatic rings. The third-order valence-electron chi connectivity index (χ3n) is 3.36. The molecule has 2 N–H and O–H groups in total. The molecule has 2 aromatic rings. The third kappa shape index (κ3) is 6.24. The van der Waals surface area contributed by atoms with Crippen molar-refractivity contribution in [2.45, 2.75) is 19.4 Å². The van der Waals surface area contributed by atoms with Gasteiger partial charge in [-0.25, -0.2) is 0 Å². The minimum atomic E-state index is -0.192. The fraction of sp³-hybridized carbons (Fsp3) is 0.222. The molecule has 2 amide bonds. The van der Waals surface area contributed by atoms with Gasteiger partial charge < -0.3 is 10.6 Å². The summed E-state index contributed by atoms with van der Waals surface area (Å²) in [5.41, 5.74) is 2.11. The van der Waals surface area contributed by atoms with E-state index in [4.69, 9.17) is 0 Å². The standard InChI is InChI=1S/C18H19BrN2O2/c19-16-9-5-4-8-15(16)10-11-17(22)21-13-18(23)20-12-14-6-2-1-3-7-14/h1-9H,10-13H2,(H,20,23)(H,21,22).